The first-order chi connectivity index (χ1) is 22.8. The van der Waals surface area contributed by atoms with Crippen LogP contribution in [0.3, 0.4) is 0 Å². The van der Waals surface area contributed by atoms with Crippen molar-refractivity contribution in [3.63, 3.8) is 0 Å². The molecule has 0 atom stereocenters. The van der Waals surface area contributed by atoms with Gasteiger partial charge in [0.15, 0.2) is 0 Å². The van der Waals surface area contributed by atoms with Crippen LogP contribution in [0.4, 0.5) is 0 Å². The van der Waals surface area contributed by atoms with Gasteiger partial charge < -0.3 is 0 Å². The number of benzene rings is 7. The van der Waals surface area contributed by atoms with Crippen LogP contribution >= 0.6 is 0 Å². The van der Waals surface area contributed by atoms with Gasteiger partial charge in [-0.05, 0) is 86.2 Å². The molecule has 11 aromatic carbocycles. The fraction of sp³-hybridized carbons (Fsp3) is 0. The van der Waals surface area contributed by atoms with E-state index in [2.05, 4.69) is 182 Å². The normalized spacial score (nSPS) is 11.5. The zero-order chi connectivity index (χ0) is 30.5. The maximum atomic E-state index is 2.31. The van der Waals surface area contributed by atoms with E-state index in [1.54, 1.807) is 0 Å². The van der Waals surface area contributed by atoms with Gasteiger partial charge in [-0.25, -0.2) is 0 Å². The Morgan fingerprint density at radius 1 is 0.152 bits per heavy atom. The van der Waals surface area contributed by atoms with E-state index in [1.165, 1.54) is 86.2 Å². The summed E-state index contributed by atoms with van der Waals surface area (Å²) in [6.45, 7) is 0. The zero-order valence-corrected chi connectivity index (χ0v) is 25.3. The Morgan fingerprint density at radius 3 is 0.652 bits per heavy atom. The molecule has 0 N–H and O–H groups in total. The second-order valence-electron chi connectivity index (χ2n) is 12.1. The van der Waals surface area contributed by atoms with Crippen LogP contribution in [0.5, 0.6) is 0 Å². The number of hydrogen-bond donors (Lipinski definition) is 0. The van der Waals surface area contributed by atoms with Gasteiger partial charge in [0.25, 0.3) is 0 Å². The molecule has 0 heterocycles. The van der Waals surface area contributed by atoms with Crippen LogP contribution in [0.1, 0.15) is 0 Å². The first kappa shape index (κ1) is 26.4. The van der Waals surface area contributed by atoms with Crippen LogP contribution in [0.25, 0.3) is 86.2 Å². The molecule has 0 heteroatoms. The maximum Gasteiger partial charge on any atom is -0.00143 e. The molecule has 0 fully saturated rings. The lowest BCUT2D eigenvalue weighted by molar-refractivity contribution is 1.77. The number of rotatable bonds is 0. The molecule has 0 aliphatic carbocycles. The molecular weight excluding hydrogens is 553 g/mol. The van der Waals surface area contributed by atoms with Crippen LogP contribution in [0, 0.1) is 0 Å². The highest BCUT2D eigenvalue weighted by molar-refractivity contribution is 6.37. The molecule has 0 amide bonds. The SMILES string of the molecule is c1ccc2ccc3cccc4ccc5ccccc5ccc5cccc(ccc2c1)c5c1c2ccccc2c(c2ccccc21)c34. The van der Waals surface area contributed by atoms with E-state index in [0.717, 1.165) is 0 Å². The molecule has 0 aliphatic rings. The quantitative estimate of drug-likeness (QED) is 0.156. The Kier molecular flexibility index (Phi) is 6.25. The van der Waals surface area contributed by atoms with Gasteiger partial charge in [0, 0.05) is 0 Å². The fourth-order valence-corrected chi connectivity index (χ4v) is 7.32. The summed E-state index contributed by atoms with van der Waals surface area (Å²) in [4.78, 5) is 0. The van der Waals surface area contributed by atoms with Crippen LogP contribution < -0.4 is 0 Å². The largest absolute Gasteiger partial charge is 0.0616 e. The van der Waals surface area contributed by atoms with Crippen molar-refractivity contribution in [3.05, 3.63) is 182 Å². The molecule has 11 rings (SSSR count). The molecule has 0 aromatic heterocycles. The first-order valence-corrected chi connectivity index (χ1v) is 15.9. The molecule has 0 nitrogen and oxygen atoms in total. The van der Waals surface area contributed by atoms with Gasteiger partial charge in [0.05, 0.1) is 0 Å². The molecule has 11 aromatic rings. The Bertz CT molecular complexity index is 2430. The third kappa shape index (κ3) is 4.30. The van der Waals surface area contributed by atoms with Gasteiger partial charge in [0.1, 0.15) is 0 Å². The molecule has 46 heavy (non-hydrogen) atoms. The highest BCUT2D eigenvalue weighted by Crippen LogP contribution is 2.41. The second-order valence-corrected chi connectivity index (χ2v) is 12.1. The molecule has 0 saturated carbocycles. The van der Waals surface area contributed by atoms with E-state index in [-0.39, 0.29) is 0 Å². The molecule has 0 saturated heterocycles. The van der Waals surface area contributed by atoms with Crippen molar-refractivity contribution >= 4 is 86.2 Å². The Balaban J connectivity index is 1.77. The lowest BCUT2D eigenvalue weighted by Crippen LogP contribution is -1.86. The van der Waals surface area contributed by atoms with Crippen molar-refractivity contribution < 1.29 is 0 Å². The third-order valence-corrected chi connectivity index (χ3v) is 9.45. The minimum atomic E-state index is 1.19. The average molecular weight is 583 g/mol. The minimum absolute atomic E-state index is 1.19. The molecule has 4 bridgehead atoms. The topological polar surface area (TPSA) is 0 Å². The third-order valence-electron chi connectivity index (χ3n) is 9.45. The van der Waals surface area contributed by atoms with Gasteiger partial charge in [-0.1, -0.05) is 182 Å². The molecule has 214 valence electrons. The second kappa shape index (κ2) is 10.9. The Hall–Kier alpha value is -5.98. The summed E-state index contributed by atoms with van der Waals surface area (Å²) in [5.41, 5.74) is 0. The summed E-state index contributed by atoms with van der Waals surface area (Å²) in [5, 5.41) is 19.6. The van der Waals surface area contributed by atoms with Crippen molar-refractivity contribution in [3.8, 4) is 0 Å². The van der Waals surface area contributed by atoms with Crippen LogP contribution in [0.15, 0.2) is 182 Å². The lowest BCUT2D eigenvalue weighted by Gasteiger charge is -2.14. The highest BCUT2D eigenvalue weighted by atomic mass is 14.2. The zero-order valence-electron chi connectivity index (χ0n) is 25.3. The van der Waals surface area contributed by atoms with Crippen LogP contribution in [0.2, 0.25) is 0 Å². The molecule has 0 aliphatic heterocycles. The van der Waals surface area contributed by atoms with E-state index in [4.69, 9.17) is 0 Å². The van der Waals surface area contributed by atoms with Crippen LogP contribution in [-0.2, 0) is 0 Å². The predicted molar refractivity (Wildman–Crippen MR) is 202 cm³/mol. The summed E-state index contributed by atoms with van der Waals surface area (Å²) in [7, 11) is 0. The van der Waals surface area contributed by atoms with Crippen molar-refractivity contribution in [1.29, 1.82) is 0 Å². The predicted octanol–water partition coefficient (Wildman–Crippen LogP) is 13.2. The molecule has 0 radical (unpaired) electrons. The summed E-state index contributed by atoms with van der Waals surface area (Å²) < 4.78 is 0. The molecule has 0 spiro atoms. The van der Waals surface area contributed by atoms with E-state index < -0.39 is 0 Å². The maximum absolute atomic E-state index is 2.31. The van der Waals surface area contributed by atoms with Crippen molar-refractivity contribution in [2.75, 3.05) is 0 Å². The average Bonchev–Trinajstić information content (AvgIpc) is 3.11. The lowest BCUT2D eigenvalue weighted by atomic mass is 9.89. The van der Waals surface area contributed by atoms with Gasteiger partial charge in [-0.15, -0.1) is 0 Å². The van der Waals surface area contributed by atoms with Gasteiger partial charge in [-0.2, -0.15) is 0 Å². The summed E-state index contributed by atoms with van der Waals surface area (Å²) in [6.07, 6.45) is 0. The van der Waals surface area contributed by atoms with Gasteiger partial charge in [0.2, 0.25) is 0 Å². The minimum Gasteiger partial charge on any atom is -0.0616 e. The van der Waals surface area contributed by atoms with E-state index in [0.29, 0.717) is 0 Å². The van der Waals surface area contributed by atoms with Crippen molar-refractivity contribution in [2.24, 2.45) is 0 Å². The summed E-state index contributed by atoms with van der Waals surface area (Å²) in [5.74, 6) is 0. The molecular formula is C46H30. The molecule has 0 unspecified atom stereocenters. The van der Waals surface area contributed by atoms with Crippen molar-refractivity contribution in [1.82, 2.24) is 0 Å². The van der Waals surface area contributed by atoms with Crippen LogP contribution in [-0.4, -0.2) is 0 Å². The summed E-state index contributed by atoms with van der Waals surface area (Å²) >= 11 is 0. The number of fused-ring (bicyclic) bond motifs is 4. The fourth-order valence-electron chi connectivity index (χ4n) is 7.32. The van der Waals surface area contributed by atoms with Crippen molar-refractivity contribution in [2.45, 2.75) is 0 Å². The smallest absolute Gasteiger partial charge is 0.00143 e. The number of hydrogen-bond acceptors (Lipinski definition) is 0. The van der Waals surface area contributed by atoms with E-state index >= 15 is 0 Å². The van der Waals surface area contributed by atoms with Gasteiger partial charge >= 0.3 is 0 Å². The standard InChI is InChI=1S/C46H30/c1-2-12-32-24-28-36-16-10-18-38-30-26-34-14-4-3-13-33(34)25-29-37-17-9-15-35(27-23-31(32)11-1)43(37)45-39-19-5-7-21-41(39)46(44(36)38)42-22-8-6-20-40(42)45/h1-30H. The first-order valence-electron chi connectivity index (χ1n) is 15.9. The van der Waals surface area contributed by atoms with Gasteiger partial charge in [-0.3, -0.25) is 0 Å². The van der Waals surface area contributed by atoms with E-state index in [9.17, 15) is 0 Å². The highest BCUT2D eigenvalue weighted by Gasteiger charge is 2.13. The summed E-state index contributed by atoms with van der Waals surface area (Å²) in [6, 6.07) is 67.0. The monoisotopic (exact) mass is 582 g/mol. The Morgan fingerprint density at radius 2 is 0.370 bits per heavy atom. The Labute approximate surface area is 267 Å². The van der Waals surface area contributed by atoms with E-state index in [1.807, 2.05) is 0 Å².